The molecular formula is C11H7ClN6. The monoisotopic (exact) mass is 258 g/mol. The van der Waals surface area contributed by atoms with E-state index in [2.05, 4.69) is 24.9 Å². The van der Waals surface area contributed by atoms with E-state index in [1.54, 1.807) is 35.7 Å². The van der Waals surface area contributed by atoms with Crippen LogP contribution in [0.5, 0.6) is 0 Å². The summed E-state index contributed by atoms with van der Waals surface area (Å²) < 4.78 is 1.66. The van der Waals surface area contributed by atoms with E-state index in [-0.39, 0.29) is 5.28 Å². The Morgan fingerprint density at radius 1 is 1.06 bits per heavy atom. The van der Waals surface area contributed by atoms with E-state index in [0.29, 0.717) is 11.8 Å². The molecule has 18 heavy (non-hydrogen) atoms. The summed E-state index contributed by atoms with van der Waals surface area (Å²) in [5, 5.41) is 0.132. The number of hydrogen-bond acceptors (Lipinski definition) is 5. The molecule has 3 heterocycles. The van der Waals surface area contributed by atoms with Gasteiger partial charge in [-0.15, -0.1) is 0 Å². The zero-order valence-corrected chi connectivity index (χ0v) is 9.86. The highest BCUT2D eigenvalue weighted by atomic mass is 35.5. The number of hydrogen-bond donors (Lipinski definition) is 0. The SMILES string of the molecule is Clc1nc(-c2cccnc2)nc(-n2ccnc2)n1. The second kappa shape index (κ2) is 4.50. The van der Waals surface area contributed by atoms with E-state index in [9.17, 15) is 0 Å². The summed E-state index contributed by atoms with van der Waals surface area (Å²) >= 11 is 5.90. The molecule has 0 spiro atoms. The molecule has 0 aliphatic rings. The van der Waals surface area contributed by atoms with Crippen LogP contribution in [0.4, 0.5) is 0 Å². The molecule has 0 saturated heterocycles. The molecule has 0 N–H and O–H groups in total. The molecule has 0 bridgehead atoms. The Balaban J connectivity index is 2.12. The molecule has 6 nitrogen and oxygen atoms in total. The van der Waals surface area contributed by atoms with Crippen molar-refractivity contribution < 1.29 is 0 Å². The van der Waals surface area contributed by atoms with E-state index in [4.69, 9.17) is 11.6 Å². The number of pyridine rings is 1. The lowest BCUT2D eigenvalue weighted by Gasteiger charge is -2.03. The summed E-state index contributed by atoms with van der Waals surface area (Å²) in [4.78, 5) is 20.4. The standard InChI is InChI=1S/C11H7ClN6/c12-10-15-9(8-2-1-3-13-6-8)16-11(17-10)18-5-4-14-7-18/h1-7H. The normalized spacial score (nSPS) is 10.5. The lowest BCUT2D eigenvalue weighted by Crippen LogP contribution is -2.03. The fourth-order valence-corrected chi connectivity index (χ4v) is 1.61. The minimum atomic E-state index is 0.132. The Hall–Kier alpha value is -2.34. The Morgan fingerprint density at radius 2 is 2.00 bits per heavy atom. The lowest BCUT2D eigenvalue weighted by atomic mass is 10.3. The summed E-state index contributed by atoms with van der Waals surface area (Å²) in [5.41, 5.74) is 0.781. The third-order valence-corrected chi connectivity index (χ3v) is 2.42. The smallest absolute Gasteiger partial charge is 0.239 e. The van der Waals surface area contributed by atoms with Crippen molar-refractivity contribution in [1.29, 1.82) is 0 Å². The molecular weight excluding hydrogens is 252 g/mol. The Kier molecular flexibility index (Phi) is 2.70. The molecule has 7 heteroatoms. The van der Waals surface area contributed by atoms with Crippen LogP contribution in [-0.4, -0.2) is 29.5 Å². The Morgan fingerprint density at radius 3 is 2.72 bits per heavy atom. The van der Waals surface area contributed by atoms with Crippen LogP contribution in [0.15, 0.2) is 43.2 Å². The maximum absolute atomic E-state index is 5.90. The van der Waals surface area contributed by atoms with Gasteiger partial charge in [-0.05, 0) is 23.7 Å². The van der Waals surface area contributed by atoms with Crippen LogP contribution < -0.4 is 0 Å². The highest BCUT2D eigenvalue weighted by Crippen LogP contribution is 2.16. The second-order valence-corrected chi connectivity index (χ2v) is 3.78. The van der Waals surface area contributed by atoms with Crippen molar-refractivity contribution in [2.75, 3.05) is 0 Å². The van der Waals surface area contributed by atoms with Gasteiger partial charge in [-0.1, -0.05) is 0 Å². The molecule has 0 saturated carbocycles. The Bertz CT molecular complexity index is 653. The van der Waals surface area contributed by atoms with Crippen LogP contribution in [0.25, 0.3) is 17.3 Å². The zero-order chi connectivity index (χ0) is 12.4. The lowest BCUT2D eigenvalue weighted by molar-refractivity contribution is 0.899. The molecule has 0 radical (unpaired) electrons. The van der Waals surface area contributed by atoms with Gasteiger partial charge in [-0.3, -0.25) is 9.55 Å². The van der Waals surface area contributed by atoms with Crippen LogP contribution in [0.1, 0.15) is 0 Å². The van der Waals surface area contributed by atoms with Crippen molar-refractivity contribution in [1.82, 2.24) is 29.5 Å². The average Bonchev–Trinajstić information content (AvgIpc) is 2.93. The van der Waals surface area contributed by atoms with Crippen molar-refractivity contribution in [3.63, 3.8) is 0 Å². The average molecular weight is 259 g/mol. The number of rotatable bonds is 2. The highest BCUT2D eigenvalue weighted by Gasteiger charge is 2.08. The predicted molar refractivity (Wildman–Crippen MR) is 65.2 cm³/mol. The second-order valence-electron chi connectivity index (χ2n) is 3.44. The first-order valence-corrected chi connectivity index (χ1v) is 5.51. The van der Waals surface area contributed by atoms with Crippen LogP contribution in [0.2, 0.25) is 5.28 Å². The van der Waals surface area contributed by atoms with Gasteiger partial charge in [0.15, 0.2) is 5.82 Å². The topological polar surface area (TPSA) is 69.4 Å². The van der Waals surface area contributed by atoms with Crippen LogP contribution >= 0.6 is 11.6 Å². The molecule has 3 aromatic rings. The van der Waals surface area contributed by atoms with Gasteiger partial charge in [0.1, 0.15) is 6.33 Å². The summed E-state index contributed by atoms with van der Waals surface area (Å²) in [6, 6.07) is 3.67. The minimum absolute atomic E-state index is 0.132. The summed E-state index contributed by atoms with van der Waals surface area (Å²) in [6.45, 7) is 0. The summed E-state index contributed by atoms with van der Waals surface area (Å²) in [6.07, 6.45) is 8.32. The molecule has 0 atom stereocenters. The van der Waals surface area contributed by atoms with Gasteiger partial charge in [0.2, 0.25) is 11.2 Å². The minimum Gasteiger partial charge on any atom is -0.274 e. The third kappa shape index (κ3) is 2.05. The molecule has 0 fully saturated rings. The van der Waals surface area contributed by atoms with E-state index in [1.165, 1.54) is 0 Å². The van der Waals surface area contributed by atoms with Gasteiger partial charge in [-0.25, -0.2) is 4.98 Å². The molecule has 3 rings (SSSR count). The molecule has 0 unspecified atom stereocenters. The molecule has 0 aromatic carbocycles. The van der Waals surface area contributed by atoms with E-state index < -0.39 is 0 Å². The summed E-state index contributed by atoms with van der Waals surface area (Å²) in [7, 11) is 0. The Labute approximate surface area is 107 Å². The van der Waals surface area contributed by atoms with Gasteiger partial charge in [0.25, 0.3) is 0 Å². The van der Waals surface area contributed by atoms with Crippen LogP contribution in [0, 0.1) is 0 Å². The van der Waals surface area contributed by atoms with Crippen molar-refractivity contribution in [2.45, 2.75) is 0 Å². The first-order valence-electron chi connectivity index (χ1n) is 5.13. The van der Waals surface area contributed by atoms with Crippen molar-refractivity contribution in [3.8, 4) is 17.3 Å². The van der Waals surface area contributed by atoms with Crippen molar-refractivity contribution in [2.24, 2.45) is 0 Å². The largest absolute Gasteiger partial charge is 0.274 e. The number of nitrogens with zero attached hydrogens (tertiary/aromatic N) is 6. The van der Waals surface area contributed by atoms with Crippen LogP contribution in [-0.2, 0) is 0 Å². The van der Waals surface area contributed by atoms with Gasteiger partial charge < -0.3 is 0 Å². The maximum Gasteiger partial charge on any atom is 0.239 e. The van der Waals surface area contributed by atoms with Crippen molar-refractivity contribution in [3.05, 3.63) is 48.5 Å². The van der Waals surface area contributed by atoms with E-state index in [1.807, 2.05) is 12.1 Å². The fraction of sp³-hybridized carbons (Fsp3) is 0. The molecule has 0 amide bonds. The molecule has 0 aliphatic heterocycles. The first kappa shape index (κ1) is 10.8. The zero-order valence-electron chi connectivity index (χ0n) is 9.10. The third-order valence-electron chi connectivity index (χ3n) is 2.25. The predicted octanol–water partition coefficient (Wildman–Crippen LogP) is 1.77. The van der Waals surface area contributed by atoms with Gasteiger partial charge in [0, 0.05) is 30.4 Å². The summed E-state index contributed by atoms with van der Waals surface area (Å²) in [5.74, 6) is 0.901. The van der Waals surface area contributed by atoms with Crippen LogP contribution in [0.3, 0.4) is 0 Å². The quantitative estimate of drug-likeness (QED) is 0.701. The number of aromatic nitrogens is 6. The number of imidazole rings is 1. The molecule has 88 valence electrons. The number of halogens is 1. The highest BCUT2D eigenvalue weighted by molar-refractivity contribution is 6.28. The molecule has 3 aromatic heterocycles. The van der Waals surface area contributed by atoms with Crippen molar-refractivity contribution >= 4 is 11.6 Å². The van der Waals surface area contributed by atoms with Gasteiger partial charge in [-0.2, -0.15) is 15.0 Å². The van der Waals surface area contributed by atoms with E-state index in [0.717, 1.165) is 5.56 Å². The first-order chi connectivity index (χ1) is 8.83. The maximum atomic E-state index is 5.90. The van der Waals surface area contributed by atoms with Gasteiger partial charge in [0.05, 0.1) is 0 Å². The van der Waals surface area contributed by atoms with E-state index >= 15 is 0 Å². The fourth-order valence-electron chi connectivity index (χ4n) is 1.46. The van der Waals surface area contributed by atoms with Gasteiger partial charge >= 0.3 is 0 Å². The molecule has 0 aliphatic carbocycles.